The van der Waals surface area contributed by atoms with Crippen molar-refractivity contribution in [2.45, 2.75) is 44.2 Å². The van der Waals surface area contributed by atoms with Crippen molar-refractivity contribution in [1.29, 1.82) is 0 Å². The molecule has 0 radical (unpaired) electrons. The van der Waals surface area contributed by atoms with Gasteiger partial charge in [0.25, 0.3) is 0 Å². The van der Waals surface area contributed by atoms with Crippen LogP contribution in [0.25, 0.3) is 0 Å². The molecule has 2 saturated carbocycles. The van der Waals surface area contributed by atoms with E-state index in [1.807, 2.05) is 0 Å². The second-order valence-corrected chi connectivity index (χ2v) is 7.34. The van der Waals surface area contributed by atoms with E-state index in [2.05, 4.69) is 47.5 Å². The van der Waals surface area contributed by atoms with E-state index in [9.17, 15) is 0 Å². The Labute approximate surface area is 122 Å². The Morgan fingerprint density at radius 2 is 2.00 bits per heavy atom. The van der Waals surface area contributed by atoms with Crippen molar-refractivity contribution < 1.29 is 0 Å². The summed E-state index contributed by atoms with van der Waals surface area (Å²) < 4.78 is 0. The van der Waals surface area contributed by atoms with Gasteiger partial charge in [0.15, 0.2) is 0 Å². The molecule has 1 N–H and O–H groups in total. The maximum absolute atomic E-state index is 3.77. The van der Waals surface area contributed by atoms with Gasteiger partial charge in [-0.1, -0.05) is 36.8 Å². The van der Waals surface area contributed by atoms with Gasteiger partial charge in [0, 0.05) is 25.7 Å². The van der Waals surface area contributed by atoms with E-state index in [4.69, 9.17) is 0 Å². The van der Waals surface area contributed by atoms with Crippen molar-refractivity contribution in [2.75, 3.05) is 19.6 Å². The molecule has 2 aliphatic carbocycles. The van der Waals surface area contributed by atoms with Gasteiger partial charge in [-0.25, -0.2) is 0 Å². The lowest BCUT2D eigenvalue weighted by Crippen LogP contribution is -2.59. The summed E-state index contributed by atoms with van der Waals surface area (Å²) in [6.45, 7) is 5.90. The molecule has 3 fully saturated rings. The van der Waals surface area contributed by atoms with Gasteiger partial charge in [0.05, 0.1) is 5.54 Å². The first-order valence-electron chi connectivity index (χ1n) is 8.29. The lowest BCUT2D eigenvalue weighted by Gasteiger charge is -2.46. The highest BCUT2D eigenvalue weighted by molar-refractivity contribution is 5.25. The summed E-state index contributed by atoms with van der Waals surface area (Å²) in [5.74, 6) is 2.04. The summed E-state index contributed by atoms with van der Waals surface area (Å²) in [4.78, 5) is 2.80. The number of hydrogen-bond donors (Lipinski definition) is 1. The molecule has 2 heteroatoms. The van der Waals surface area contributed by atoms with Crippen LogP contribution in [0.1, 0.15) is 38.2 Å². The van der Waals surface area contributed by atoms with Crippen LogP contribution in [0.2, 0.25) is 0 Å². The lowest BCUT2D eigenvalue weighted by molar-refractivity contribution is 0.0711. The fourth-order valence-electron chi connectivity index (χ4n) is 4.96. The zero-order valence-corrected chi connectivity index (χ0v) is 12.5. The number of rotatable bonds is 2. The first kappa shape index (κ1) is 12.8. The van der Waals surface area contributed by atoms with Crippen molar-refractivity contribution in [3.63, 3.8) is 0 Å². The maximum atomic E-state index is 3.77. The molecule has 1 saturated heterocycles. The highest BCUT2D eigenvalue weighted by Gasteiger charge is 2.44. The van der Waals surface area contributed by atoms with Gasteiger partial charge < -0.3 is 5.32 Å². The third-order valence-electron chi connectivity index (χ3n) is 6.01. The molecular formula is C18H26N2. The minimum absolute atomic E-state index is 0.126. The standard InChI is InChI=1S/C18H26N2/c1-18(16-5-3-2-4-6-16)13-20(10-9-19-18)17-12-14-7-8-15(17)11-14/h2-6,14-15,17,19H,7-13H2,1H3. The van der Waals surface area contributed by atoms with E-state index in [1.54, 1.807) is 0 Å². The molecule has 4 unspecified atom stereocenters. The van der Waals surface area contributed by atoms with Gasteiger partial charge in [-0.2, -0.15) is 0 Å². The van der Waals surface area contributed by atoms with Crippen LogP contribution < -0.4 is 5.32 Å². The largest absolute Gasteiger partial charge is 0.305 e. The Morgan fingerprint density at radius 3 is 2.70 bits per heavy atom. The molecule has 3 aliphatic rings. The normalized spacial score (nSPS) is 41.1. The quantitative estimate of drug-likeness (QED) is 0.889. The molecule has 1 heterocycles. The molecule has 4 rings (SSSR count). The fourth-order valence-corrected chi connectivity index (χ4v) is 4.96. The van der Waals surface area contributed by atoms with Crippen molar-refractivity contribution in [1.82, 2.24) is 10.2 Å². The highest BCUT2D eigenvalue weighted by Crippen LogP contribution is 2.47. The number of benzene rings is 1. The summed E-state index contributed by atoms with van der Waals surface area (Å²) in [5, 5.41) is 3.77. The van der Waals surface area contributed by atoms with E-state index in [1.165, 1.54) is 44.3 Å². The van der Waals surface area contributed by atoms with Gasteiger partial charge >= 0.3 is 0 Å². The van der Waals surface area contributed by atoms with Crippen LogP contribution >= 0.6 is 0 Å². The third kappa shape index (κ3) is 2.10. The Balaban J connectivity index is 1.53. The van der Waals surface area contributed by atoms with E-state index in [0.29, 0.717) is 0 Å². The lowest BCUT2D eigenvalue weighted by atomic mass is 9.86. The molecule has 1 aromatic rings. The first-order chi connectivity index (χ1) is 9.74. The number of fused-ring (bicyclic) bond motifs is 2. The topological polar surface area (TPSA) is 15.3 Å². The smallest absolute Gasteiger partial charge is 0.0535 e. The number of hydrogen-bond acceptors (Lipinski definition) is 2. The number of piperazine rings is 1. The van der Waals surface area contributed by atoms with Gasteiger partial charge in [-0.05, 0) is 43.6 Å². The average molecular weight is 270 g/mol. The zero-order valence-electron chi connectivity index (χ0n) is 12.5. The zero-order chi connectivity index (χ0) is 13.6. The molecule has 0 spiro atoms. The molecule has 20 heavy (non-hydrogen) atoms. The van der Waals surface area contributed by atoms with Crippen LogP contribution in [0.15, 0.2) is 30.3 Å². The monoisotopic (exact) mass is 270 g/mol. The molecule has 2 nitrogen and oxygen atoms in total. The van der Waals surface area contributed by atoms with Crippen LogP contribution in [0.3, 0.4) is 0 Å². The number of nitrogens with zero attached hydrogens (tertiary/aromatic N) is 1. The summed E-state index contributed by atoms with van der Waals surface area (Å²) in [6.07, 6.45) is 5.97. The third-order valence-corrected chi connectivity index (χ3v) is 6.01. The van der Waals surface area contributed by atoms with Gasteiger partial charge in [0.1, 0.15) is 0 Å². The van der Waals surface area contributed by atoms with Crippen LogP contribution in [-0.2, 0) is 5.54 Å². The van der Waals surface area contributed by atoms with E-state index in [0.717, 1.165) is 24.4 Å². The van der Waals surface area contributed by atoms with Crippen LogP contribution in [0.5, 0.6) is 0 Å². The molecule has 0 amide bonds. The minimum atomic E-state index is 0.126. The predicted octanol–water partition coefficient (Wildman–Crippen LogP) is 3.00. The van der Waals surface area contributed by atoms with Crippen LogP contribution in [-0.4, -0.2) is 30.6 Å². The Hall–Kier alpha value is -0.860. The SMILES string of the molecule is CC1(c2ccccc2)CN(C2CC3CCC2C3)CCN1. The number of nitrogens with one attached hydrogen (secondary N) is 1. The van der Waals surface area contributed by atoms with E-state index >= 15 is 0 Å². The molecule has 0 aromatic heterocycles. The summed E-state index contributed by atoms with van der Waals surface area (Å²) in [5.41, 5.74) is 1.56. The summed E-state index contributed by atoms with van der Waals surface area (Å²) >= 11 is 0. The van der Waals surface area contributed by atoms with Crippen molar-refractivity contribution in [3.8, 4) is 0 Å². The van der Waals surface area contributed by atoms with Gasteiger partial charge in [0.2, 0.25) is 0 Å². The maximum Gasteiger partial charge on any atom is 0.0535 e. The molecule has 1 aromatic carbocycles. The molecule has 2 bridgehead atoms. The van der Waals surface area contributed by atoms with Gasteiger partial charge in [-0.15, -0.1) is 0 Å². The van der Waals surface area contributed by atoms with Crippen molar-refractivity contribution >= 4 is 0 Å². The predicted molar refractivity (Wildman–Crippen MR) is 82.6 cm³/mol. The van der Waals surface area contributed by atoms with Crippen LogP contribution in [0, 0.1) is 11.8 Å². The van der Waals surface area contributed by atoms with Crippen molar-refractivity contribution in [3.05, 3.63) is 35.9 Å². The minimum Gasteiger partial charge on any atom is -0.305 e. The molecule has 4 atom stereocenters. The van der Waals surface area contributed by atoms with Crippen LogP contribution in [0.4, 0.5) is 0 Å². The Morgan fingerprint density at radius 1 is 1.15 bits per heavy atom. The molecule has 108 valence electrons. The summed E-state index contributed by atoms with van der Waals surface area (Å²) in [6, 6.07) is 11.9. The average Bonchev–Trinajstić information content (AvgIpc) is 3.11. The Kier molecular flexibility index (Phi) is 3.12. The second-order valence-electron chi connectivity index (χ2n) is 7.34. The molecule has 1 aliphatic heterocycles. The highest BCUT2D eigenvalue weighted by atomic mass is 15.2. The van der Waals surface area contributed by atoms with Gasteiger partial charge in [-0.3, -0.25) is 4.90 Å². The van der Waals surface area contributed by atoms with E-state index < -0.39 is 0 Å². The first-order valence-corrected chi connectivity index (χ1v) is 8.29. The summed E-state index contributed by atoms with van der Waals surface area (Å²) in [7, 11) is 0. The van der Waals surface area contributed by atoms with E-state index in [-0.39, 0.29) is 5.54 Å². The fraction of sp³-hybridized carbons (Fsp3) is 0.667. The molecular weight excluding hydrogens is 244 g/mol. The Bertz CT molecular complexity index is 472. The second kappa shape index (κ2) is 4.85. The van der Waals surface area contributed by atoms with Crippen molar-refractivity contribution in [2.24, 2.45) is 11.8 Å².